The SMILES string of the molecule is CC(N)OC(N)C1CCN(c2ccncc2N)CC1. The van der Waals surface area contributed by atoms with Gasteiger partial charge >= 0.3 is 0 Å². The molecule has 0 spiro atoms. The number of nitrogens with zero attached hydrogens (tertiary/aromatic N) is 2. The predicted molar refractivity (Wildman–Crippen MR) is 76.3 cm³/mol. The number of piperidine rings is 1. The highest BCUT2D eigenvalue weighted by Crippen LogP contribution is 2.28. The van der Waals surface area contributed by atoms with Crippen LogP contribution in [0.4, 0.5) is 11.4 Å². The first-order valence-corrected chi connectivity index (χ1v) is 6.69. The first kappa shape index (κ1) is 14.0. The van der Waals surface area contributed by atoms with E-state index in [1.54, 1.807) is 19.3 Å². The molecule has 6 N–H and O–H groups in total. The van der Waals surface area contributed by atoms with Gasteiger partial charge in [-0.3, -0.25) is 4.98 Å². The zero-order valence-electron chi connectivity index (χ0n) is 11.3. The van der Waals surface area contributed by atoms with Crippen LogP contribution in [0.2, 0.25) is 0 Å². The quantitative estimate of drug-likeness (QED) is 0.684. The fourth-order valence-corrected chi connectivity index (χ4v) is 2.52. The Morgan fingerprint density at radius 1 is 1.37 bits per heavy atom. The number of hydrogen-bond acceptors (Lipinski definition) is 6. The van der Waals surface area contributed by atoms with Gasteiger partial charge in [0.25, 0.3) is 0 Å². The summed E-state index contributed by atoms with van der Waals surface area (Å²) in [5.74, 6) is 0.352. The lowest BCUT2D eigenvalue weighted by Gasteiger charge is -2.36. The number of nitrogens with two attached hydrogens (primary N) is 3. The molecule has 0 amide bonds. The van der Waals surface area contributed by atoms with Gasteiger partial charge in [0.15, 0.2) is 0 Å². The summed E-state index contributed by atoms with van der Waals surface area (Å²) in [4.78, 5) is 6.28. The van der Waals surface area contributed by atoms with Gasteiger partial charge in [-0.2, -0.15) is 0 Å². The third kappa shape index (κ3) is 3.56. The van der Waals surface area contributed by atoms with E-state index in [1.165, 1.54) is 0 Å². The molecule has 1 aromatic rings. The Morgan fingerprint density at radius 2 is 2.05 bits per heavy atom. The summed E-state index contributed by atoms with van der Waals surface area (Å²) in [6.07, 6.45) is 4.82. The molecule has 1 saturated heterocycles. The van der Waals surface area contributed by atoms with Crippen molar-refractivity contribution in [3.8, 4) is 0 Å². The highest BCUT2D eigenvalue weighted by Gasteiger charge is 2.26. The number of aromatic nitrogens is 1. The zero-order chi connectivity index (χ0) is 13.8. The van der Waals surface area contributed by atoms with Crippen LogP contribution in [0.1, 0.15) is 19.8 Å². The molecule has 106 valence electrons. The largest absolute Gasteiger partial charge is 0.396 e. The van der Waals surface area contributed by atoms with Gasteiger partial charge in [0.1, 0.15) is 12.5 Å². The van der Waals surface area contributed by atoms with Crippen molar-refractivity contribution in [1.29, 1.82) is 0 Å². The minimum Gasteiger partial charge on any atom is -0.396 e. The summed E-state index contributed by atoms with van der Waals surface area (Å²) in [7, 11) is 0. The molecule has 0 saturated carbocycles. The molecule has 2 atom stereocenters. The van der Waals surface area contributed by atoms with Crippen LogP contribution in [0.5, 0.6) is 0 Å². The Morgan fingerprint density at radius 3 is 2.63 bits per heavy atom. The topological polar surface area (TPSA) is 103 Å². The molecule has 2 rings (SSSR count). The molecular formula is C13H23N5O. The molecule has 2 unspecified atom stereocenters. The average molecular weight is 265 g/mol. The Bertz CT molecular complexity index is 404. The Kier molecular flexibility index (Phi) is 4.57. The van der Waals surface area contributed by atoms with E-state index in [0.29, 0.717) is 5.92 Å². The van der Waals surface area contributed by atoms with Crippen LogP contribution >= 0.6 is 0 Å². The Labute approximate surface area is 113 Å². The standard InChI is InChI=1S/C13H23N5O/c1-9(14)19-13(16)10-3-6-18(7-4-10)12-2-5-17-8-11(12)15/h2,5,8-10,13H,3-4,6-7,14-16H2,1H3. The van der Waals surface area contributed by atoms with Gasteiger partial charge in [-0.15, -0.1) is 0 Å². The summed E-state index contributed by atoms with van der Waals surface area (Å²) in [6, 6.07) is 1.95. The molecule has 6 heteroatoms. The Hall–Kier alpha value is -1.37. The lowest BCUT2D eigenvalue weighted by Crippen LogP contribution is -2.44. The van der Waals surface area contributed by atoms with Crippen molar-refractivity contribution >= 4 is 11.4 Å². The van der Waals surface area contributed by atoms with Gasteiger partial charge in [0.05, 0.1) is 17.6 Å². The normalized spacial score (nSPS) is 20.3. The van der Waals surface area contributed by atoms with Crippen LogP contribution in [0.3, 0.4) is 0 Å². The van der Waals surface area contributed by atoms with Gasteiger partial charge < -0.3 is 26.8 Å². The number of hydrogen-bond donors (Lipinski definition) is 3. The van der Waals surface area contributed by atoms with Crippen LogP contribution < -0.4 is 22.1 Å². The number of anilines is 2. The maximum Gasteiger partial charge on any atom is 0.110 e. The molecule has 19 heavy (non-hydrogen) atoms. The highest BCUT2D eigenvalue weighted by atomic mass is 16.5. The first-order valence-electron chi connectivity index (χ1n) is 6.69. The number of nitrogen functional groups attached to an aromatic ring is 1. The second kappa shape index (κ2) is 6.18. The summed E-state index contributed by atoms with van der Waals surface area (Å²) in [6.45, 7) is 3.65. The smallest absolute Gasteiger partial charge is 0.110 e. The molecule has 2 heterocycles. The minimum atomic E-state index is -0.316. The third-order valence-corrected chi connectivity index (χ3v) is 3.54. The van der Waals surface area contributed by atoms with E-state index < -0.39 is 0 Å². The van der Waals surface area contributed by atoms with Gasteiger partial charge in [0, 0.05) is 25.2 Å². The summed E-state index contributed by atoms with van der Waals surface area (Å²) < 4.78 is 5.46. The van der Waals surface area contributed by atoms with Gasteiger partial charge in [-0.1, -0.05) is 0 Å². The zero-order valence-corrected chi connectivity index (χ0v) is 11.3. The van der Waals surface area contributed by atoms with Crippen LogP contribution in [0.15, 0.2) is 18.5 Å². The van der Waals surface area contributed by atoms with E-state index >= 15 is 0 Å². The van der Waals surface area contributed by atoms with Crippen molar-refractivity contribution in [1.82, 2.24) is 4.98 Å². The van der Waals surface area contributed by atoms with Crippen LogP contribution in [0, 0.1) is 5.92 Å². The van der Waals surface area contributed by atoms with E-state index in [2.05, 4.69) is 9.88 Å². The second-order valence-electron chi connectivity index (χ2n) is 5.06. The van der Waals surface area contributed by atoms with Gasteiger partial charge in [0.2, 0.25) is 0 Å². The van der Waals surface area contributed by atoms with Crippen molar-refractivity contribution in [2.24, 2.45) is 17.4 Å². The minimum absolute atomic E-state index is 0.281. The molecule has 1 aliphatic rings. The van der Waals surface area contributed by atoms with Crippen LogP contribution in [-0.2, 0) is 4.74 Å². The lowest BCUT2D eigenvalue weighted by atomic mass is 9.95. The van der Waals surface area contributed by atoms with E-state index in [0.717, 1.165) is 37.3 Å². The summed E-state index contributed by atoms with van der Waals surface area (Å²) >= 11 is 0. The number of ether oxygens (including phenoxy) is 1. The molecule has 0 radical (unpaired) electrons. The van der Waals surface area contributed by atoms with Crippen molar-refractivity contribution < 1.29 is 4.74 Å². The number of pyridine rings is 1. The van der Waals surface area contributed by atoms with Crippen molar-refractivity contribution in [2.45, 2.75) is 32.2 Å². The van der Waals surface area contributed by atoms with E-state index in [1.807, 2.05) is 6.07 Å². The monoisotopic (exact) mass is 265 g/mol. The van der Waals surface area contributed by atoms with Gasteiger partial charge in [-0.25, -0.2) is 0 Å². The molecule has 0 bridgehead atoms. The summed E-state index contributed by atoms with van der Waals surface area (Å²) in [5.41, 5.74) is 19.3. The average Bonchev–Trinajstić information content (AvgIpc) is 2.39. The van der Waals surface area contributed by atoms with E-state index in [9.17, 15) is 0 Å². The third-order valence-electron chi connectivity index (χ3n) is 3.54. The molecule has 1 fully saturated rings. The molecule has 1 aromatic heterocycles. The maximum atomic E-state index is 6.01. The number of rotatable bonds is 4. The van der Waals surface area contributed by atoms with Crippen LogP contribution in [0.25, 0.3) is 0 Å². The maximum absolute atomic E-state index is 6.01. The van der Waals surface area contributed by atoms with E-state index in [-0.39, 0.29) is 12.5 Å². The summed E-state index contributed by atoms with van der Waals surface area (Å²) in [5, 5.41) is 0. The molecular weight excluding hydrogens is 242 g/mol. The molecule has 1 aliphatic heterocycles. The highest BCUT2D eigenvalue weighted by molar-refractivity contribution is 5.66. The molecule has 0 aliphatic carbocycles. The van der Waals surface area contributed by atoms with Crippen LogP contribution in [-0.4, -0.2) is 30.5 Å². The molecule has 6 nitrogen and oxygen atoms in total. The fourth-order valence-electron chi connectivity index (χ4n) is 2.52. The van der Waals surface area contributed by atoms with Crippen molar-refractivity contribution in [3.63, 3.8) is 0 Å². The fraction of sp³-hybridized carbons (Fsp3) is 0.615. The first-order chi connectivity index (χ1) is 9.08. The van der Waals surface area contributed by atoms with Gasteiger partial charge in [-0.05, 0) is 25.8 Å². The van der Waals surface area contributed by atoms with Crippen molar-refractivity contribution in [3.05, 3.63) is 18.5 Å². The predicted octanol–water partition coefficient (Wildman–Crippen LogP) is 0.486. The lowest BCUT2D eigenvalue weighted by molar-refractivity contribution is -0.0335. The van der Waals surface area contributed by atoms with Crippen molar-refractivity contribution in [2.75, 3.05) is 23.7 Å². The second-order valence-corrected chi connectivity index (χ2v) is 5.06. The Balaban J connectivity index is 1.91. The molecule has 0 aromatic carbocycles. The van der Waals surface area contributed by atoms with E-state index in [4.69, 9.17) is 21.9 Å².